The van der Waals surface area contributed by atoms with E-state index in [1.54, 1.807) is 0 Å². The lowest BCUT2D eigenvalue weighted by molar-refractivity contribution is 0.0856. The van der Waals surface area contributed by atoms with Crippen LogP contribution in [0.4, 0.5) is 0 Å². The first-order valence-corrected chi connectivity index (χ1v) is 5.29. The zero-order chi connectivity index (χ0) is 10.6. The van der Waals surface area contributed by atoms with Crippen LogP contribution in [0, 0.1) is 5.92 Å². The molecule has 84 valence electrons. The summed E-state index contributed by atoms with van der Waals surface area (Å²) in [5, 5.41) is 20.8. The first-order valence-electron chi connectivity index (χ1n) is 5.29. The zero-order valence-corrected chi connectivity index (χ0v) is 9.11. The lowest BCUT2D eigenvalue weighted by atomic mass is 9.79. The smallest absolute Gasteiger partial charge is 0.0894 e. The Bertz CT molecular complexity index is 158. The van der Waals surface area contributed by atoms with Gasteiger partial charge in [-0.1, -0.05) is 0 Å². The molecule has 3 N–H and O–H groups in total. The molecule has 1 fully saturated rings. The molecule has 1 unspecified atom stereocenters. The number of hydrogen-bond donors (Lipinski definition) is 3. The number of nitrogens with zero attached hydrogens (tertiary/aromatic N) is 1. The maximum atomic E-state index is 9.08. The van der Waals surface area contributed by atoms with Gasteiger partial charge in [0, 0.05) is 12.6 Å². The highest BCUT2D eigenvalue weighted by Gasteiger charge is 2.29. The molecule has 1 rings (SSSR count). The van der Waals surface area contributed by atoms with Crippen molar-refractivity contribution in [1.29, 1.82) is 0 Å². The van der Waals surface area contributed by atoms with Gasteiger partial charge < -0.3 is 20.4 Å². The van der Waals surface area contributed by atoms with Crippen LogP contribution in [-0.2, 0) is 0 Å². The van der Waals surface area contributed by atoms with Gasteiger partial charge in [-0.05, 0) is 39.4 Å². The molecule has 0 amide bonds. The fraction of sp³-hybridized carbons (Fsp3) is 1.00. The highest BCUT2D eigenvalue weighted by molar-refractivity contribution is 4.86. The average molecular weight is 202 g/mol. The molecular weight excluding hydrogens is 180 g/mol. The maximum absolute atomic E-state index is 9.08. The first kappa shape index (κ1) is 11.9. The predicted octanol–water partition coefficient (Wildman–Crippen LogP) is -0.731. The third kappa shape index (κ3) is 3.53. The molecule has 1 aliphatic carbocycles. The van der Waals surface area contributed by atoms with Crippen molar-refractivity contribution >= 4 is 0 Å². The Morgan fingerprint density at radius 3 is 2.57 bits per heavy atom. The van der Waals surface area contributed by atoms with Crippen LogP contribution >= 0.6 is 0 Å². The van der Waals surface area contributed by atoms with Crippen LogP contribution in [0.3, 0.4) is 0 Å². The van der Waals surface area contributed by atoms with Crippen LogP contribution in [-0.4, -0.2) is 61.1 Å². The number of aliphatic hydroxyl groups is 2. The molecule has 0 saturated heterocycles. The van der Waals surface area contributed by atoms with Crippen molar-refractivity contribution in [3.63, 3.8) is 0 Å². The molecule has 1 aliphatic rings. The SMILES string of the molecule is CN(C)C1CC(CNCC(O)CO)C1. The summed E-state index contributed by atoms with van der Waals surface area (Å²) in [5.74, 6) is 0.744. The first-order chi connectivity index (χ1) is 6.63. The molecule has 0 aromatic carbocycles. The van der Waals surface area contributed by atoms with Gasteiger partial charge in [0.1, 0.15) is 0 Å². The molecule has 0 radical (unpaired) electrons. The Morgan fingerprint density at radius 1 is 1.43 bits per heavy atom. The molecular formula is C10H22N2O2. The van der Waals surface area contributed by atoms with E-state index in [1.165, 1.54) is 12.8 Å². The standard InChI is InChI=1S/C10H22N2O2/c1-12(2)9-3-8(4-9)5-11-6-10(14)7-13/h8-11,13-14H,3-7H2,1-2H3. The van der Waals surface area contributed by atoms with E-state index >= 15 is 0 Å². The summed E-state index contributed by atoms with van der Waals surface area (Å²) in [7, 11) is 4.23. The van der Waals surface area contributed by atoms with Crippen LogP contribution in [0.2, 0.25) is 0 Å². The Balaban J connectivity index is 1.96. The van der Waals surface area contributed by atoms with Gasteiger partial charge in [0.2, 0.25) is 0 Å². The monoisotopic (exact) mass is 202 g/mol. The Labute approximate surface area is 85.9 Å². The molecule has 4 heteroatoms. The second-order valence-electron chi connectivity index (χ2n) is 4.45. The van der Waals surface area contributed by atoms with E-state index in [9.17, 15) is 0 Å². The van der Waals surface area contributed by atoms with Crippen molar-refractivity contribution in [3.05, 3.63) is 0 Å². The second kappa shape index (κ2) is 5.66. The fourth-order valence-corrected chi connectivity index (χ4v) is 1.81. The lowest BCUT2D eigenvalue weighted by Gasteiger charge is -2.39. The fourth-order valence-electron chi connectivity index (χ4n) is 1.81. The van der Waals surface area contributed by atoms with Crippen LogP contribution in [0.25, 0.3) is 0 Å². The van der Waals surface area contributed by atoms with E-state index in [0.29, 0.717) is 6.54 Å². The topological polar surface area (TPSA) is 55.7 Å². The molecule has 0 spiro atoms. The second-order valence-corrected chi connectivity index (χ2v) is 4.45. The number of hydrogen-bond acceptors (Lipinski definition) is 4. The van der Waals surface area contributed by atoms with Crippen LogP contribution in [0.15, 0.2) is 0 Å². The van der Waals surface area contributed by atoms with Crippen molar-refractivity contribution in [2.75, 3.05) is 33.8 Å². The average Bonchev–Trinajstić information content (AvgIpc) is 2.07. The number of aliphatic hydroxyl groups excluding tert-OH is 2. The van der Waals surface area contributed by atoms with Gasteiger partial charge in [-0.15, -0.1) is 0 Å². The summed E-state index contributed by atoms with van der Waals surface area (Å²) in [5.41, 5.74) is 0. The van der Waals surface area contributed by atoms with Crippen molar-refractivity contribution in [2.45, 2.75) is 25.0 Å². The number of nitrogens with one attached hydrogen (secondary N) is 1. The third-order valence-electron chi connectivity index (χ3n) is 2.96. The molecule has 14 heavy (non-hydrogen) atoms. The highest BCUT2D eigenvalue weighted by atomic mass is 16.3. The summed E-state index contributed by atoms with van der Waals surface area (Å²) in [6.45, 7) is 1.30. The molecule has 0 bridgehead atoms. The molecule has 0 aromatic rings. The van der Waals surface area contributed by atoms with Gasteiger partial charge in [-0.3, -0.25) is 0 Å². The van der Waals surface area contributed by atoms with Crippen molar-refractivity contribution < 1.29 is 10.2 Å². The minimum absolute atomic E-state index is 0.155. The van der Waals surface area contributed by atoms with E-state index in [4.69, 9.17) is 10.2 Å². The predicted molar refractivity (Wildman–Crippen MR) is 56.2 cm³/mol. The maximum Gasteiger partial charge on any atom is 0.0894 e. The summed E-state index contributed by atoms with van der Waals surface area (Å²) < 4.78 is 0. The van der Waals surface area contributed by atoms with E-state index in [0.717, 1.165) is 18.5 Å². The van der Waals surface area contributed by atoms with E-state index < -0.39 is 6.10 Å². The lowest BCUT2D eigenvalue weighted by Crippen LogP contribution is -2.45. The largest absolute Gasteiger partial charge is 0.394 e. The van der Waals surface area contributed by atoms with Crippen molar-refractivity contribution in [2.24, 2.45) is 5.92 Å². The van der Waals surface area contributed by atoms with Gasteiger partial charge in [0.25, 0.3) is 0 Å². The zero-order valence-electron chi connectivity index (χ0n) is 9.11. The van der Waals surface area contributed by atoms with E-state index in [-0.39, 0.29) is 6.61 Å². The van der Waals surface area contributed by atoms with Gasteiger partial charge >= 0.3 is 0 Å². The Kier molecular flexibility index (Phi) is 4.81. The summed E-state index contributed by atoms with van der Waals surface area (Å²) in [4.78, 5) is 2.26. The summed E-state index contributed by atoms with van der Waals surface area (Å²) in [6.07, 6.45) is 1.88. The minimum Gasteiger partial charge on any atom is -0.394 e. The summed E-state index contributed by atoms with van der Waals surface area (Å²) >= 11 is 0. The van der Waals surface area contributed by atoms with Crippen molar-refractivity contribution in [3.8, 4) is 0 Å². The molecule has 0 aromatic heterocycles. The van der Waals surface area contributed by atoms with Crippen molar-refractivity contribution in [1.82, 2.24) is 10.2 Å². The highest BCUT2D eigenvalue weighted by Crippen LogP contribution is 2.29. The molecule has 0 heterocycles. The molecule has 0 aliphatic heterocycles. The van der Waals surface area contributed by atoms with E-state index in [2.05, 4.69) is 24.3 Å². The third-order valence-corrected chi connectivity index (χ3v) is 2.96. The van der Waals surface area contributed by atoms with E-state index in [1.807, 2.05) is 0 Å². The summed E-state index contributed by atoms with van der Waals surface area (Å²) in [6, 6.07) is 0.740. The molecule has 4 nitrogen and oxygen atoms in total. The van der Waals surface area contributed by atoms with Gasteiger partial charge in [-0.2, -0.15) is 0 Å². The van der Waals surface area contributed by atoms with Gasteiger partial charge in [0.15, 0.2) is 0 Å². The number of rotatable bonds is 6. The quantitative estimate of drug-likeness (QED) is 0.531. The van der Waals surface area contributed by atoms with Gasteiger partial charge in [0.05, 0.1) is 12.7 Å². The van der Waals surface area contributed by atoms with Crippen LogP contribution in [0.1, 0.15) is 12.8 Å². The minimum atomic E-state index is -0.611. The molecule has 1 atom stereocenters. The Hall–Kier alpha value is -0.160. The Morgan fingerprint density at radius 2 is 2.07 bits per heavy atom. The van der Waals surface area contributed by atoms with Crippen LogP contribution in [0.5, 0.6) is 0 Å². The van der Waals surface area contributed by atoms with Gasteiger partial charge in [-0.25, -0.2) is 0 Å². The molecule has 1 saturated carbocycles. The van der Waals surface area contributed by atoms with Crippen LogP contribution < -0.4 is 5.32 Å². The normalized spacial score (nSPS) is 28.9.